The Morgan fingerprint density at radius 1 is 0.926 bits per heavy atom. The summed E-state index contributed by atoms with van der Waals surface area (Å²) in [5, 5.41) is 3.58. The number of hydrogen-bond donors (Lipinski definition) is 1. The van der Waals surface area contributed by atoms with Crippen molar-refractivity contribution in [3.8, 4) is 0 Å². The smallest absolute Gasteiger partial charge is 0.0643 e. The van der Waals surface area contributed by atoms with Crippen LogP contribution in [0.5, 0.6) is 0 Å². The summed E-state index contributed by atoms with van der Waals surface area (Å²) in [5.41, 5.74) is 7.88. The van der Waals surface area contributed by atoms with Crippen molar-refractivity contribution < 1.29 is 0 Å². The fourth-order valence-corrected chi connectivity index (χ4v) is 3.78. The third-order valence-corrected chi connectivity index (χ3v) is 5.26. The zero-order valence-electron chi connectivity index (χ0n) is 16.0. The predicted molar refractivity (Wildman–Crippen MR) is 113 cm³/mol. The first-order valence-corrected chi connectivity index (χ1v) is 9.87. The molecule has 1 N–H and O–H groups in total. The molecule has 1 aromatic heterocycles. The summed E-state index contributed by atoms with van der Waals surface area (Å²) in [6, 6.07) is 21.8. The first-order chi connectivity index (χ1) is 13.3. The molecule has 0 unspecified atom stereocenters. The number of rotatable bonds is 6. The number of hydrogen-bond acceptors (Lipinski definition) is 3. The minimum Gasteiger partial charge on any atom is -0.340 e. The van der Waals surface area contributed by atoms with Gasteiger partial charge in [0.15, 0.2) is 0 Å². The van der Waals surface area contributed by atoms with Crippen molar-refractivity contribution in [1.29, 1.82) is 0 Å². The Kier molecular flexibility index (Phi) is 5.50. The van der Waals surface area contributed by atoms with Gasteiger partial charge in [-0.2, -0.15) is 0 Å². The maximum atomic E-state index is 4.65. The zero-order chi connectivity index (χ0) is 18.5. The van der Waals surface area contributed by atoms with Gasteiger partial charge in [-0.1, -0.05) is 48.0 Å². The molecular weight excluding hydrogens is 330 g/mol. The first-order valence-electron chi connectivity index (χ1n) is 9.87. The van der Waals surface area contributed by atoms with Gasteiger partial charge < -0.3 is 10.2 Å². The van der Waals surface area contributed by atoms with Gasteiger partial charge in [0.1, 0.15) is 0 Å². The number of aromatic nitrogens is 1. The Morgan fingerprint density at radius 2 is 1.74 bits per heavy atom. The maximum Gasteiger partial charge on any atom is 0.0643 e. The molecule has 0 fully saturated rings. The molecule has 0 spiro atoms. The normalized spacial score (nSPS) is 13.0. The van der Waals surface area contributed by atoms with E-state index in [9.17, 15) is 0 Å². The molecule has 0 aliphatic carbocycles. The van der Waals surface area contributed by atoms with Crippen molar-refractivity contribution in [1.82, 2.24) is 10.3 Å². The Morgan fingerprint density at radius 3 is 2.63 bits per heavy atom. The number of benzene rings is 2. The Hall–Kier alpha value is -2.65. The highest BCUT2D eigenvalue weighted by molar-refractivity contribution is 5.69. The van der Waals surface area contributed by atoms with Crippen molar-refractivity contribution in [2.75, 3.05) is 18.0 Å². The van der Waals surface area contributed by atoms with Gasteiger partial charge in [-0.25, -0.2) is 0 Å². The molecular formula is C24H27N3. The molecule has 4 rings (SSSR count). The van der Waals surface area contributed by atoms with E-state index in [-0.39, 0.29) is 0 Å². The average molecular weight is 358 g/mol. The molecule has 1 aliphatic rings. The standard InChI is InChI=1S/C24H27N3/c1-19-9-11-20(12-10-19)18-25-15-5-17-27-23-7-3-2-6-21(23)13-14-22-24(27)8-4-16-26-22/h2-4,6-12,16,25H,5,13-15,17-18H2,1H3. The monoisotopic (exact) mass is 357 g/mol. The lowest BCUT2D eigenvalue weighted by Gasteiger charge is -2.26. The van der Waals surface area contributed by atoms with Gasteiger partial charge in [-0.3, -0.25) is 4.98 Å². The molecule has 138 valence electrons. The average Bonchev–Trinajstić information content (AvgIpc) is 2.86. The first kappa shape index (κ1) is 17.7. The second-order valence-electron chi connectivity index (χ2n) is 7.27. The van der Waals surface area contributed by atoms with E-state index in [1.54, 1.807) is 0 Å². The van der Waals surface area contributed by atoms with Crippen LogP contribution in [0.15, 0.2) is 66.9 Å². The number of nitrogens with one attached hydrogen (secondary N) is 1. The summed E-state index contributed by atoms with van der Waals surface area (Å²) in [5.74, 6) is 0. The summed E-state index contributed by atoms with van der Waals surface area (Å²) < 4.78 is 0. The second kappa shape index (κ2) is 8.36. The summed E-state index contributed by atoms with van der Waals surface area (Å²) in [7, 11) is 0. The van der Waals surface area contributed by atoms with E-state index in [4.69, 9.17) is 0 Å². The number of nitrogens with zero attached hydrogens (tertiary/aromatic N) is 2. The Labute approximate surface area is 162 Å². The molecule has 1 aliphatic heterocycles. The van der Waals surface area contributed by atoms with Crippen LogP contribution in [-0.2, 0) is 19.4 Å². The molecule has 3 nitrogen and oxygen atoms in total. The molecule has 0 atom stereocenters. The van der Waals surface area contributed by atoms with Crippen molar-refractivity contribution in [2.24, 2.45) is 0 Å². The molecule has 2 aromatic carbocycles. The number of fused-ring (bicyclic) bond motifs is 2. The van der Waals surface area contributed by atoms with Crippen LogP contribution in [0.4, 0.5) is 11.4 Å². The number of pyridine rings is 1. The van der Waals surface area contributed by atoms with Gasteiger partial charge in [0.05, 0.1) is 11.4 Å². The Bertz CT molecular complexity index is 839. The van der Waals surface area contributed by atoms with Crippen LogP contribution in [0, 0.1) is 6.92 Å². The van der Waals surface area contributed by atoms with Gasteiger partial charge in [0.2, 0.25) is 0 Å². The molecule has 0 saturated heterocycles. The van der Waals surface area contributed by atoms with E-state index in [0.717, 1.165) is 38.9 Å². The fraction of sp³-hybridized carbons (Fsp3) is 0.292. The Balaban J connectivity index is 1.41. The van der Waals surface area contributed by atoms with Crippen LogP contribution in [0.3, 0.4) is 0 Å². The van der Waals surface area contributed by atoms with Crippen molar-refractivity contribution in [3.63, 3.8) is 0 Å². The van der Waals surface area contributed by atoms with Crippen LogP contribution in [0.25, 0.3) is 0 Å². The van der Waals surface area contributed by atoms with Crippen molar-refractivity contribution in [3.05, 3.63) is 89.2 Å². The zero-order valence-corrected chi connectivity index (χ0v) is 16.0. The molecule has 0 saturated carbocycles. The van der Waals surface area contributed by atoms with E-state index in [2.05, 4.69) is 82.8 Å². The summed E-state index contributed by atoms with van der Waals surface area (Å²) in [6.45, 7) is 5.05. The molecule has 27 heavy (non-hydrogen) atoms. The topological polar surface area (TPSA) is 28.2 Å². The summed E-state index contributed by atoms with van der Waals surface area (Å²) >= 11 is 0. The lowest BCUT2D eigenvalue weighted by Crippen LogP contribution is -2.24. The molecule has 0 bridgehead atoms. The van der Waals surface area contributed by atoms with E-state index in [0.29, 0.717) is 0 Å². The number of aryl methyl sites for hydroxylation is 3. The minimum absolute atomic E-state index is 0.926. The highest BCUT2D eigenvalue weighted by Gasteiger charge is 2.20. The van der Waals surface area contributed by atoms with E-state index in [1.807, 2.05) is 6.20 Å². The largest absolute Gasteiger partial charge is 0.340 e. The third-order valence-electron chi connectivity index (χ3n) is 5.26. The maximum absolute atomic E-state index is 4.65. The fourth-order valence-electron chi connectivity index (χ4n) is 3.78. The van der Waals surface area contributed by atoms with E-state index in [1.165, 1.54) is 33.8 Å². The van der Waals surface area contributed by atoms with Crippen LogP contribution >= 0.6 is 0 Å². The quantitative estimate of drug-likeness (QED) is 0.642. The molecule has 3 aromatic rings. The van der Waals surface area contributed by atoms with Gasteiger partial charge in [-0.05, 0) is 62.1 Å². The van der Waals surface area contributed by atoms with E-state index < -0.39 is 0 Å². The minimum atomic E-state index is 0.926. The van der Waals surface area contributed by atoms with Gasteiger partial charge in [-0.15, -0.1) is 0 Å². The van der Waals surface area contributed by atoms with Crippen molar-refractivity contribution >= 4 is 11.4 Å². The lowest BCUT2D eigenvalue weighted by molar-refractivity contribution is 0.650. The van der Waals surface area contributed by atoms with Crippen LogP contribution in [-0.4, -0.2) is 18.1 Å². The highest BCUT2D eigenvalue weighted by atomic mass is 15.1. The predicted octanol–water partition coefficient (Wildman–Crippen LogP) is 4.81. The van der Waals surface area contributed by atoms with Crippen LogP contribution in [0.1, 0.15) is 28.8 Å². The van der Waals surface area contributed by atoms with Gasteiger partial charge in [0.25, 0.3) is 0 Å². The molecule has 3 heteroatoms. The summed E-state index contributed by atoms with van der Waals surface area (Å²) in [6.07, 6.45) is 5.07. The number of para-hydroxylation sites is 1. The second-order valence-corrected chi connectivity index (χ2v) is 7.27. The third kappa shape index (κ3) is 4.20. The number of anilines is 2. The van der Waals surface area contributed by atoms with Crippen LogP contribution < -0.4 is 10.2 Å². The highest BCUT2D eigenvalue weighted by Crippen LogP contribution is 2.34. The van der Waals surface area contributed by atoms with Crippen molar-refractivity contribution in [2.45, 2.75) is 32.7 Å². The summed E-state index contributed by atoms with van der Waals surface area (Å²) in [4.78, 5) is 7.10. The molecule has 0 amide bonds. The van der Waals surface area contributed by atoms with Crippen LogP contribution in [0.2, 0.25) is 0 Å². The van der Waals surface area contributed by atoms with Gasteiger partial charge >= 0.3 is 0 Å². The SMILES string of the molecule is Cc1ccc(CNCCCN2c3ccccc3CCc3ncccc32)cc1. The lowest BCUT2D eigenvalue weighted by atomic mass is 10.1. The van der Waals surface area contributed by atoms with E-state index >= 15 is 0 Å². The molecule has 2 heterocycles. The molecule has 0 radical (unpaired) electrons. The van der Waals surface area contributed by atoms with Gasteiger partial charge in [0, 0.05) is 25.0 Å².